The summed E-state index contributed by atoms with van der Waals surface area (Å²) >= 11 is 0. The lowest BCUT2D eigenvalue weighted by Crippen LogP contribution is -2.37. The van der Waals surface area contributed by atoms with Gasteiger partial charge < -0.3 is 27.9 Å². The van der Waals surface area contributed by atoms with Crippen LogP contribution in [0.3, 0.4) is 0 Å². The average molecular weight is 632 g/mol. The summed E-state index contributed by atoms with van der Waals surface area (Å²) in [7, 11) is 1.34. The zero-order chi connectivity index (χ0) is 32.1. The maximum atomic E-state index is 12.5. The number of unbranched alkanes of at least 4 members (excludes halogenated alkanes) is 13. The van der Waals surface area contributed by atoms with E-state index in [9.17, 15) is 14.3 Å². The summed E-state index contributed by atoms with van der Waals surface area (Å²) in [5.74, 6) is -0.352. The molecule has 0 saturated carbocycles. The molecule has 2 unspecified atom stereocenters. The molecule has 0 rings (SSSR count). The molecule has 2 atom stereocenters. The van der Waals surface area contributed by atoms with Crippen molar-refractivity contribution in [2.45, 2.75) is 136 Å². The largest absolute Gasteiger partial charge is 0.756 e. The van der Waals surface area contributed by atoms with Crippen LogP contribution in [-0.4, -0.2) is 70.7 Å². The third kappa shape index (κ3) is 32.2. The molecule has 0 bridgehead atoms. The first-order chi connectivity index (χ1) is 20.6. The fourth-order valence-electron chi connectivity index (χ4n) is 4.27. The number of rotatable bonds is 31. The SMILES string of the molecule is CCCC/C=C\C/C=C\CCCCCCCC(=O)OC(COCCCCCCCCC)COP(=O)([O-])OCC[N+](C)(C)C. The quantitative estimate of drug-likeness (QED) is 0.0250. The molecular weight excluding hydrogens is 565 g/mol. The molecule has 0 N–H and O–H groups in total. The van der Waals surface area contributed by atoms with Gasteiger partial charge in [0.05, 0.1) is 34.4 Å². The minimum atomic E-state index is -4.51. The van der Waals surface area contributed by atoms with E-state index in [1.807, 2.05) is 21.1 Å². The third-order valence-electron chi connectivity index (χ3n) is 7.01. The maximum Gasteiger partial charge on any atom is 0.306 e. The van der Waals surface area contributed by atoms with Gasteiger partial charge >= 0.3 is 5.97 Å². The number of carbonyl (C=O) groups excluding carboxylic acids is 1. The first kappa shape index (κ1) is 42.0. The van der Waals surface area contributed by atoms with Gasteiger partial charge in [0, 0.05) is 13.0 Å². The molecule has 0 amide bonds. The third-order valence-corrected chi connectivity index (χ3v) is 7.97. The Morgan fingerprint density at radius 3 is 1.95 bits per heavy atom. The lowest BCUT2D eigenvalue weighted by molar-refractivity contribution is -0.870. The average Bonchev–Trinajstić information content (AvgIpc) is 2.94. The number of allylic oxidation sites excluding steroid dienone is 4. The minimum absolute atomic E-state index is 0.0241. The highest BCUT2D eigenvalue weighted by molar-refractivity contribution is 7.45. The van der Waals surface area contributed by atoms with Crippen LogP contribution < -0.4 is 4.89 Å². The normalized spacial score (nSPS) is 14.5. The lowest BCUT2D eigenvalue weighted by Gasteiger charge is -2.28. The number of esters is 1. The van der Waals surface area contributed by atoms with Gasteiger partial charge in [0.25, 0.3) is 7.82 Å². The molecule has 0 aromatic carbocycles. The minimum Gasteiger partial charge on any atom is -0.756 e. The number of hydrogen-bond donors (Lipinski definition) is 0. The Balaban J connectivity index is 4.34. The maximum absolute atomic E-state index is 12.5. The molecule has 0 radical (unpaired) electrons. The number of likely N-dealkylation sites (N-methyl/N-ethyl adjacent to an activating group) is 1. The summed E-state index contributed by atoms with van der Waals surface area (Å²) in [6.07, 6.45) is 27.6. The van der Waals surface area contributed by atoms with Crippen molar-refractivity contribution in [3.8, 4) is 0 Å². The zero-order valence-corrected chi connectivity index (χ0v) is 29.3. The van der Waals surface area contributed by atoms with Gasteiger partial charge in [-0.05, 0) is 38.5 Å². The van der Waals surface area contributed by atoms with E-state index in [2.05, 4.69) is 38.2 Å². The Bertz CT molecular complexity index is 752. The number of phosphoric ester groups is 1. The molecule has 0 aliphatic carbocycles. The number of nitrogens with zero attached hydrogens (tertiary/aromatic N) is 1. The van der Waals surface area contributed by atoms with E-state index in [-0.39, 0.29) is 25.8 Å². The van der Waals surface area contributed by atoms with Crippen molar-refractivity contribution in [2.75, 3.05) is 54.1 Å². The predicted octanol–water partition coefficient (Wildman–Crippen LogP) is 8.30. The summed E-state index contributed by atoms with van der Waals surface area (Å²) < 4.78 is 34.2. The van der Waals surface area contributed by atoms with Crippen LogP contribution in [0.2, 0.25) is 0 Å². The molecule has 0 heterocycles. The molecule has 0 aliphatic heterocycles. The number of quaternary nitrogens is 1. The van der Waals surface area contributed by atoms with Crippen molar-refractivity contribution in [2.24, 2.45) is 0 Å². The van der Waals surface area contributed by atoms with Gasteiger partial charge in [0.2, 0.25) is 0 Å². The van der Waals surface area contributed by atoms with Crippen LogP contribution in [0.5, 0.6) is 0 Å². The van der Waals surface area contributed by atoms with Crippen molar-refractivity contribution in [1.82, 2.24) is 0 Å². The first-order valence-electron chi connectivity index (χ1n) is 17.1. The fourth-order valence-corrected chi connectivity index (χ4v) is 4.99. The second kappa shape index (κ2) is 28.5. The van der Waals surface area contributed by atoms with Gasteiger partial charge in [-0.2, -0.15) is 0 Å². The van der Waals surface area contributed by atoms with Crippen molar-refractivity contribution < 1.29 is 37.3 Å². The van der Waals surface area contributed by atoms with Crippen LogP contribution in [0.15, 0.2) is 24.3 Å². The zero-order valence-electron chi connectivity index (χ0n) is 28.4. The monoisotopic (exact) mass is 631 g/mol. The molecule has 43 heavy (non-hydrogen) atoms. The van der Waals surface area contributed by atoms with Crippen molar-refractivity contribution in [3.05, 3.63) is 24.3 Å². The molecule has 0 fully saturated rings. The molecule has 8 nitrogen and oxygen atoms in total. The van der Waals surface area contributed by atoms with Gasteiger partial charge in [-0.15, -0.1) is 0 Å². The summed E-state index contributed by atoms with van der Waals surface area (Å²) in [5.41, 5.74) is 0. The molecule has 254 valence electrons. The van der Waals surface area contributed by atoms with E-state index in [0.717, 1.165) is 57.8 Å². The Labute approximate surface area is 264 Å². The van der Waals surface area contributed by atoms with Crippen LogP contribution in [-0.2, 0) is 27.9 Å². The van der Waals surface area contributed by atoms with Crippen molar-refractivity contribution >= 4 is 13.8 Å². The van der Waals surface area contributed by atoms with E-state index in [4.69, 9.17) is 18.5 Å². The van der Waals surface area contributed by atoms with Crippen LogP contribution in [0.4, 0.5) is 0 Å². The lowest BCUT2D eigenvalue weighted by atomic mass is 10.1. The second-order valence-electron chi connectivity index (χ2n) is 12.5. The number of phosphoric acid groups is 1. The topological polar surface area (TPSA) is 94.1 Å². The fraction of sp³-hybridized carbons (Fsp3) is 0.853. The van der Waals surface area contributed by atoms with Gasteiger partial charge in [-0.25, -0.2) is 0 Å². The van der Waals surface area contributed by atoms with Gasteiger partial charge in [-0.1, -0.05) is 109 Å². The Kier molecular flexibility index (Phi) is 27.8. The first-order valence-corrected chi connectivity index (χ1v) is 18.5. The highest BCUT2D eigenvalue weighted by Crippen LogP contribution is 2.38. The highest BCUT2D eigenvalue weighted by atomic mass is 31.2. The van der Waals surface area contributed by atoms with Crippen LogP contribution in [0.1, 0.15) is 129 Å². The summed E-state index contributed by atoms with van der Waals surface area (Å²) in [6.45, 7) is 5.30. The van der Waals surface area contributed by atoms with E-state index < -0.39 is 13.9 Å². The summed E-state index contributed by atoms with van der Waals surface area (Å²) in [6, 6.07) is 0. The van der Waals surface area contributed by atoms with E-state index >= 15 is 0 Å². The van der Waals surface area contributed by atoms with Crippen molar-refractivity contribution in [3.63, 3.8) is 0 Å². The van der Waals surface area contributed by atoms with Crippen LogP contribution in [0.25, 0.3) is 0 Å². The number of ether oxygens (including phenoxy) is 2. The summed E-state index contributed by atoms with van der Waals surface area (Å²) in [4.78, 5) is 24.7. The van der Waals surface area contributed by atoms with Crippen LogP contribution >= 0.6 is 7.82 Å². The molecule has 0 aromatic rings. The Morgan fingerprint density at radius 2 is 1.30 bits per heavy atom. The summed E-state index contributed by atoms with van der Waals surface area (Å²) in [5, 5.41) is 0. The second-order valence-corrected chi connectivity index (χ2v) is 13.9. The molecular formula is C34H66NO7P. The predicted molar refractivity (Wildman–Crippen MR) is 176 cm³/mol. The standard InChI is InChI=1S/C34H66NO7P/c1-6-8-10-12-14-15-16-17-18-19-20-21-23-25-27-34(36)42-33(31-39-29-26-24-22-13-11-9-7-2)32-41-43(37,38)40-30-28-35(3,4)5/h12,14,16-17,33H,6-11,13,15,18-32H2,1-5H3/b14-12-,17-16-. The van der Waals surface area contributed by atoms with Gasteiger partial charge in [0.15, 0.2) is 0 Å². The molecule has 0 spiro atoms. The smallest absolute Gasteiger partial charge is 0.306 e. The molecule has 0 aromatic heterocycles. The number of hydrogen-bond acceptors (Lipinski definition) is 7. The Hall–Kier alpha value is -1.02. The van der Waals surface area contributed by atoms with Gasteiger partial charge in [0.1, 0.15) is 19.3 Å². The Morgan fingerprint density at radius 1 is 0.721 bits per heavy atom. The van der Waals surface area contributed by atoms with Gasteiger partial charge in [-0.3, -0.25) is 9.36 Å². The number of carbonyl (C=O) groups is 1. The van der Waals surface area contributed by atoms with E-state index in [1.54, 1.807) is 0 Å². The van der Waals surface area contributed by atoms with E-state index in [0.29, 0.717) is 24.1 Å². The van der Waals surface area contributed by atoms with E-state index in [1.165, 1.54) is 51.4 Å². The molecule has 9 heteroatoms. The van der Waals surface area contributed by atoms with Crippen LogP contribution in [0, 0.1) is 0 Å². The molecule has 0 aliphatic rings. The van der Waals surface area contributed by atoms with Crippen molar-refractivity contribution in [1.29, 1.82) is 0 Å². The molecule has 0 saturated heterocycles. The highest BCUT2D eigenvalue weighted by Gasteiger charge is 2.20.